The van der Waals surface area contributed by atoms with Gasteiger partial charge in [-0.15, -0.1) is 0 Å². The molecule has 0 aliphatic rings. The van der Waals surface area contributed by atoms with E-state index in [9.17, 15) is 4.79 Å². The second kappa shape index (κ2) is 6.66. The summed E-state index contributed by atoms with van der Waals surface area (Å²) in [5, 5.41) is 0. The number of hydrogen-bond acceptors (Lipinski definition) is 2. The van der Waals surface area contributed by atoms with Crippen molar-refractivity contribution in [2.24, 2.45) is 0 Å². The lowest BCUT2D eigenvalue weighted by Gasteiger charge is -1.98. The molecule has 0 aromatic rings. The zero-order valence-corrected chi connectivity index (χ0v) is 9.43. The fourth-order valence-electron chi connectivity index (χ4n) is 0.660. The summed E-state index contributed by atoms with van der Waals surface area (Å²) in [7, 11) is 1.37. The number of hydrogen-bond donors (Lipinski definition) is 0. The second-order valence-corrected chi connectivity index (χ2v) is 3.70. The Balaban J connectivity index is 4.34. The van der Waals surface area contributed by atoms with Crippen LogP contribution in [-0.4, -0.2) is 13.1 Å². The van der Waals surface area contributed by atoms with Gasteiger partial charge in [0.15, 0.2) is 0 Å². The molecule has 0 radical (unpaired) electrons. The van der Waals surface area contributed by atoms with E-state index in [-0.39, 0.29) is 12.4 Å². The summed E-state index contributed by atoms with van der Waals surface area (Å²) in [5.74, 6) is -0.258. The third-order valence-electron chi connectivity index (χ3n) is 1.37. The highest BCUT2D eigenvalue weighted by Crippen LogP contribution is 2.08. The highest BCUT2D eigenvalue weighted by Gasteiger charge is 2.00. The lowest BCUT2D eigenvalue weighted by molar-refractivity contribution is -0.139. The van der Waals surface area contributed by atoms with E-state index in [0.717, 1.165) is 10.1 Å². The van der Waals surface area contributed by atoms with Gasteiger partial charge in [-0.25, -0.2) is 0 Å². The molecule has 0 saturated heterocycles. The first-order valence-corrected chi connectivity index (χ1v) is 4.61. The summed E-state index contributed by atoms with van der Waals surface area (Å²) < 4.78 is 5.53. The molecule has 0 aromatic heterocycles. The van der Waals surface area contributed by atoms with Crippen LogP contribution in [0, 0.1) is 0 Å². The molecule has 0 amide bonds. The molecular formula is C10H13BrO2. The van der Waals surface area contributed by atoms with Crippen molar-refractivity contribution in [3.8, 4) is 0 Å². The molecule has 0 bridgehead atoms. The number of carbonyl (C=O) groups is 1. The van der Waals surface area contributed by atoms with Gasteiger partial charge >= 0.3 is 5.97 Å². The Morgan fingerprint density at radius 1 is 1.54 bits per heavy atom. The first-order valence-electron chi connectivity index (χ1n) is 3.82. The summed E-state index contributed by atoms with van der Waals surface area (Å²) in [6, 6.07) is 0. The first kappa shape index (κ1) is 12.2. The number of ether oxygens (including phenoxy) is 1. The molecule has 0 spiro atoms. The zero-order chi connectivity index (χ0) is 10.3. The molecule has 0 heterocycles. The number of halogens is 1. The van der Waals surface area contributed by atoms with Gasteiger partial charge < -0.3 is 4.74 Å². The minimum absolute atomic E-state index is 0.258. The number of carbonyl (C=O) groups excluding carboxylic acids is 1. The quantitative estimate of drug-likeness (QED) is 0.562. The van der Waals surface area contributed by atoms with E-state index in [1.54, 1.807) is 6.08 Å². The third kappa shape index (κ3) is 6.34. The predicted molar refractivity (Wildman–Crippen MR) is 57.6 cm³/mol. The van der Waals surface area contributed by atoms with Crippen LogP contribution in [0.2, 0.25) is 0 Å². The maximum Gasteiger partial charge on any atom is 0.309 e. The van der Waals surface area contributed by atoms with Gasteiger partial charge in [0.05, 0.1) is 13.5 Å². The van der Waals surface area contributed by atoms with Gasteiger partial charge in [0.2, 0.25) is 0 Å². The molecule has 0 aliphatic heterocycles. The molecule has 0 aromatic carbocycles. The Hall–Kier alpha value is -0.830. The molecule has 0 N–H and O–H groups in total. The van der Waals surface area contributed by atoms with E-state index >= 15 is 0 Å². The Kier molecular flexibility index (Phi) is 6.24. The highest BCUT2D eigenvalue weighted by molar-refractivity contribution is 9.11. The van der Waals surface area contributed by atoms with Gasteiger partial charge in [-0.05, 0) is 17.0 Å². The van der Waals surface area contributed by atoms with Gasteiger partial charge in [-0.1, -0.05) is 40.7 Å². The van der Waals surface area contributed by atoms with Gasteiger partial charge in [0, 0.05) is 0 Å². The van der Waals surface area contributed by atoms with Crippen LogP contribution < -0.4 is 0 Å². The van der Waals surface area contributed by atoms with Gasteiger partial charge in [-0.3, -0.25) is 4.79 Å². The maximum absolute atomic E-state index is 10.9. The fourth-order valence-corrected chi connectivity index (χ4v) is 0.792. The van der Waals surface area contributed by atoms with Crippen LogP contribution in [0.5, 0.6) is 0 Å². The maximum atomic E-state index is 10.9. The molecular weight excluding hydrogens is 232 g/mol. The lowest BCUT2D eigenvalue weighted by atomic mass is 10.2. The van der Waals surface area contributed by atoms with Crippen LogP contribution in [0.4, 0.5) is 0 Å². The van der Waals surface area contributed by atoms with E-state index in [1.807, 2.05) is 19.1 Å². The topological polar surface area (TPSA) is 26.3 Å². The highest BCUT2D eigenvalue weighted by atomic mass is 79.9. The van der Waals surface area contributed by atoms with Crippen LogP contribution in [0.1, 0.15) is 13.3 Å². The van der Waals surface area contributed by atoms with Crippen molar-refractivity contribution in [3.63, 3.8) is 0 Å². The molecule has 0 saturated carbocycles. The van der Waals surface area contributed by atoms with E-state index in [2.05, 4.69) is 27.2 Å². The van der Waals surface area contributed by atoms with Gasteiger partial charge in [-0.2, -0.15) is 0 Å². The Bertz CT molecular complexity index is 248. The monoisotopic (exact) mass is 244 g/mol. The van der Waals surface area contributed by atoms with Crippen molar-refractivity contribution in [1.82, 2.24) is 0 Å². The molecule has 72 valence electrons. The third-order valence-corrected chi connectivity index (χ3v) is 1.63. The normalized spacial score (nSPS) is 12.5. The molecule has 0 unspecified atom stereocenters. The SMILES string of the molecule is C=CC(=CC=C(C)Br)CC(=O)OC. The first-order chi connectivity index (χ1) is 6.10. The van der Waals surface area contributed by atoms with Gasteiger partial charge in [0.1, 0.15) is 0 Å². The largest absolute Gasteiger partial charge is 0.469 e. The van der Waals surface area contributed by atoms with Crippen molar-refractivity contribution in [2.45, 2.75) is 13.3 Å². The Morgan fingerprint density at radius 2 is 2.15 bits per heavy atom. The van der Waals surface area contributed by atoms with Crippen LogP contribution >= 0.6 is 15.9 Å². The standard InChI is InChI=1S/C10H13BrO2/c1-4-9(6-5-8(2)11)7-10(12)13-3/h4-6H,1,7H2,2-3H3. The smallest absolute Gasteiger partial charge is 0.309 e. The van der Waals surface area contributed by atoms with Crippen molar-refractivity contribution in [2.75, 3.05) is 7.11 Å². The Morgan fingerprint density at radius 3 is 2.54 bits per heavy atom. The molecule has 2 nitrogen and oxygen atoms in total. The van der Waals surface area contributed by atoms with Gasteiger partial charge in [0.25, 0.3) is 0 Å². The van der Waals surface area contributed by atoms with E-state index in [0.29, 0.717) is 0 Å². The number of rotatable bonds is 4. The molecule has 0 aliphatic carbocycles. The van der Waals surface area contributed by atoms with Crippen molar-refractivity contribution < 1.29 is 9.53 Å². The summed E-state index contributed by atoms with van der Waals surface area (Å²) in [6.45, 7) is 5.52. The number of esters is 1. The molecule has 0 fully saturated rings. The summed E-state index contributed by atoms with van der Waals surface area (Å²) in [4.78, 5) is 10.9. The predicted octanol–water partition coefficient (Wildman–Crippen LogP) is 2.96. The van der Waals surface area contributed by atoms with Crippen LogP contribution in [0.3, 0.4) is 0 Å². The summed E-state index contributed by atoms with van der Waals surface area (Å²) in [6.07, 6.45) is 5.59. The summed E-state index contributed by atoms with van der Waals surface area (Å²) >= 11 is 3.28. The summed E-state index contributed by atoms with van der Waals surface area (Å²) in [5.41, 5.74) is 0.839. The van der Waals surface area contributed by atoms with E-state index in [1.165, 1.54) is 7.11 Å². The van der Waals surface area contributed by atoms with Crippen LogP contribution in [-0.2, 0) is 9.53 Å². The van der Waals surface area contributed by atoms with Crippen molar-refractivity contribution >= 4 is 21.9 Å². The van der Waals surface area contributed by atoms with E-state index < -0.39 is 0 Å². The zero-order valence-electron chi connectivity index (χ0n) is 7.84. The Labute approximate surface area is 87.1 Å². The van der Waals surface area contributed by atoms with Crippen LogP contribution in [0.25, 0.3) is 0 Å². The molecule has 3 heteroatoms. The number of allylic oxidation sites excluding steroid dienone is 4. The van der Waals surface area contributed by atoms with Crippen LogP contribution in [0.15, 0.2) is 34.9 Å². The van der Waals surface area contributed by atoms with E-state index in [4.69, 9.17) is 0 Å². The fraction of sp³-hybridized carbons (Fsp3) is 0.300. The molecule has 0 rings (SSSR count). The number of methoxy groups -OCH3 is 1. The minimum atomic E-state index is -0.258. The second-order valence-electron chi connectivity index (χ2n) is 2.45. The average molecular weight is 245 g/mol. The minimum Gasteiger partial charge on any atom is -0.469 e. The van der Waals surface area contributed by atoms with Crippen molar-refractivity contribution in [3.05, 3.63) is 34.9 Å². The average Bonchev–Trinajstić information content (AvgIpc) is 2.11. The molecule has 0 atom stereocenters. The van der Waals surface area contributed by atoms with Crippen molar-refractivity contribution in [1.29, 1.82) is 0 Å². The molecule has 13 heavy (non-hydrogen) atoms. The lowest BCUT2D eigenvalue weighted by Crippen LogP contribution is -2.00.